The number of rotatable bonds is 4. The summed E-state index contributed by atoms with van der Waals surface area (Å²) in [4.78, 5) is 2.16. The number of methoxy groups -OCH3 is 1. The molecule has 4 heteroatoms. The van der Waals surface area contributed by atoms with E-state index in [0.717, 1.165) is 36.6 Å². The molecule has 0 aliphatic carbocycles. The van der Waals surface area contributed by atoms with E-state index < -0.39 is 0 Å². The SMILES string of the molecule is COc1ccc2c(c1)CN(CCCO)CO2. The minimum absolute atomic E-state index is 0.224. The molecule has 1 aliphatic heterocycles. The van der Waals surface area contributed by atoms with Gasteiger partial charge in [0.25, 0.3) is 0 Å². The molecule has 88 valence electrons. The average Bonchev–Trinajstić information content (AvgIpc) is 2.35. The number of aliphatic hydroxyl groups is 1. The molecule has 1 N–H and O–H groups in total. The van der Waals surface area contributed by atoms with Crippen molar-refractivity contribution in [3.63, 3.8) is 0 Å². The highest BCUT2D eigenvalue weighted by Gasteiger charge is 2.17. The fourth-order valence-electron chi connectivity index (χ4n) is 1.83. The van der Waals surface area contributed by atoms with E-state index in [2.05, 4.69) is 4.90 Å². The van der Waals surface area contributed by atoms with E-state index in [1.54, 1.807) is 7.11 Å². The van der Waals surface area contributed by atoms with Crippen molar-refractivity contribution in [1.29, 1.82) is 0 Å². The Morgan fingerprint density at radius 2 is 2.38 bits per heavy atom. The molecule has 4 nitrogen and oxygen atoms in total. The highest BCUT2D eigenvalue weighted by molar-refractivity contribution is 5.41. The lowest BCUT2D eigenvalue weighted by molar-refractivity contribution is 0.0882. The minimum atomic E-state index is 0.224. The first-order chi connectivity index (χ1) is 7.83. The standard InChI is InChI=1S/C12H17NO3/c1-15-11-3-4-12-10(7-11)8-13(9-16-12)5-2-6-14/h3-4,7,14H,2,5-6,8-9H2,1H3. The van der Waals surface area contributed by atoms with Gasteiger partial charge in [-0.25, -0.2) is 0 Å². The van der Waals surface area contributed by atoms with Crippen molar-refractivity contribution in [3.05, 3.63) is 23.8 Å². The smallest absolute Gasteiger partial charge is 0.142 e. The third kappa shape index (κ3) is 2.46. The van der Waals surface area contributed by atoms with Crippen molar-refractivity contribution >= 4 is 0 Å². The van der Waals surface area contributed by atoms with Crippen molar-refractivity contribution in [2.75, 3.05) is 27.0 Å². The van der Waals surface area contributed by atoms with Crippen LogP contribution in [0.4, 0.5) is 0 Å². The molecule has 0 radical (unpaired) electrons. The predicted octanol–water partition coefficient (Wildman–Crippen LogP) is 1.23. The Balaban J connectivity index is 2.06. The summed E-state index contributed by atoms with van der Waals surface area (Å²) in [5.74, 6) is 1.78. The van der Waals surface area contributed by atoms with Gasteiger partial charge < -0.3 is 14.6 Å². The third-order valence-electron chi connectivity index (χ3n) is 2.70. The van der Waals surface area contributed by atoms with Crippen LogP contribution in [0.5, 0.6) is 11.5 Å². The lowest BCUT2D eigenvalue weighted by Crippen LogP contribution is -2.33. The van der Waals surface area contributed by atoms with E-state index in [1.165, 1.54) is 0 Å². The Morgan fingerprint density at radius 1 is 1.50 bits per heavy atom. The van der Waals surface area contributed by atoms with Crippen LogP contribution in [0.3, 0.4) is 0 Å². The zero-order valence-corrected chi connectivity index (χ0v) is 9.48. The summed E-state index contributed by atoms with van der Waals surface area (Å²) >= 11 is 0. The molecule has 2 rings (SSSR count). The summed E-state index contributed by atoms with van der Waals surface area (Å²) < 4.78 is 10.8. The first-order valence-electron chi connectivity index (χ1n) is 5.46. The molecule has 0 atom stereocenters. The number of aliphatic hydroxyl groups excluding tert-OH is 1. The third-order valence-corrected chi connectivity index (χ3v) is 2.70. The van der Waals surface area contributed by atoms with Crippen LogP contribution >= 0.6 is 0 Å². The van der Waals surface area contributed by atoms with Gasteiger partial charge in [0, 0.05) is 25.3 Å². The lowest BCUT2D eigenvalue weighted by Gasteiger charge is -2.28. The quantitative estimate of drug-likeness (QED) is 0.833. The Bertz CT molecular complexity index is 354. The van der Waals surface area contributed by atoms with Gasteiger partial charge in [0.15, 0.2) is 0 Å². The molecule has 0 aromatic heterocycles. The van der Waals surface area contributed by atoms with Gasteiger partial charge in [-0.1, -0.05) is 0 Å². The topological polar surface area (TPSA) is 41.9 Å². The van der Waals surface area contributed by atoms with E-state index >= 15 is 0 Å². The Hall–Kier alpha value is -1.26. The number of nitrogens with zero attached hydrogens (tertiary/aromatic N) is 1. The summed E-state index contributed by atoms with van der Waals surface area (Å²) in [5.41, 5.74) is 1.14. The van der Waals surface area contributed by atoms with Gasteiger partial charge in [-0.3, -0.25) is 4.90 Å². The monoisotopic (exact) mass is 223 g/mol. The molecule has 16 heavy (non-hydrogen) atoms. The van der Waals surface area contributed by atoms with Crippen LogP contribution < -0.4 is 9.47 Å². The number of fused-ring (bicyclic) bond motifs is 1. The number of ether oxygens (including phenoxy) is 2. The fourth-order valence-corrected chi connectivity index (χ4v) is 1.83. The molecule has 0 amide bonds. The van der Waals surface area contributed by atoms with Gasteiger partial charge in [0.2, 0.25) is 0 Å². The van der Waals surface area contributed by atoms with E-state index in [4.69, 9.17) is 14.6 Å². The number of hydrogen-bond donors (Lipinski definition) is 1. The van der Waals surface area contributed by atoms with Crippen molar-refractivity contribution in [3.8, 4) is 11.5 Å². The Morgan fingerprint density at radius 3 is 3.12 bits per heavy atom. The Kier molecular flexibility index (Phi) is 3.64. The maximum Gasteiger partial charge on any atom is 0.142 e. The molecular weight excluding hydrogens is 206 g/mol. The summed E-state index contributed by atoms with van der Waals surface area (Å²) in [6.45, 7) is 2.53. The van der Waals surface area contributed by atoms with Gasteiger partial charge in [0.1, 0.15) is 18.2 Å². The largest absolute Gasteiger partial charge is 0.497 e. The van der Waals surface area contributed by atoms with Crippen LogP contribution in [-0.4, -0.2) is 37.0 Å². The van der Waals surface area contributed by atoms with E-state index in [-0.39, 0.29) is 6.61 Å². The van der Waals surface area contributed by atoms with Crippen molar-refractivity contribution in [1.82, 2.24) is 4.90 Å². The van der Waals surface area contributed by atoms with Crippen LogP contribution in [0.2, 0.25) is 0 Å². The Labute approximate surface area is 95.4 Å². The van der Waals surface area contributed by atoms with Gasteiger partial charge >= 0.3 is 0 Å². The van der Waals surface area contributed by atoms with Gasteiger partial charge in [0.05, 0.1) is 7.11 Å². The maximum atomic E-state index is 8.79. The molecule has 0 spiro atoms. The molecule has 1 heterocycles. The second-order valence-electron chi connectivity index (χ2n) is 3.88. The molecule has 1 aliphatic rings. The number of hydrogen-bond acceptors (Lipinski definition) is 4. The van der Waals surface area contributed by atoms with E-state index in [0.29, 0.717) is 6.73 Å². The van der Waals surface area contributed by atoms with Crippen LogP contribution in [0.25, 0.3) is 0 Å². The summed E-state index contributed by atoms with van der Waals surface area (Å²) in [5, 5.41) is 8.79. The highest BCUT2D eigenvalue weighted by Crippen LogP contribution is 2.28. The van der Waals surface area contributed by atoms with E-state index in [9.17, 15) is 0 Å². The van der Waals surface area contributed by atoms with E-state index in [1.807, 2.05) is 18.2 Å². The van der Waals surface area contributed by atoms with Crippen molar-refractivity contribution in [2.45, 2.75) is 13.0 Å². The van der Waals surface area contributed by atoms with Gasteiger partial charge in [-0.05, 0) is 24.6 Å². The molecule has 0 bridgehead atoms. The zero-order valence-electron chi connectivity index (χ0n) is 9.48. The number of benzene rings is 1. The molecular formula is C12H17NO3. The molecule has 0 fully saturated rings. The second-order valence-corrected chi connectivity index (χ2v) is 3.88. The van der Waals surface area contributed by atoms with Crippen molar-refractivity contribution in [2.24, 2.45) is 0 Å². The summed E-state index contributed by atoms with van der Waals surface area (Å²) in [6, 6.07) is 5.85. The maximum absolute atomic E-state index is 8.79. The molecule has 0 saturated carbocycles. The van der Waals surface area contributed by atoms with Crippen LogP contribution in [-0.2, 0) is 6.54 Å². The second kappa shape index (κ2) is 5.18. The lowest BCUT2D eigenvalue weighted by atomic mass is 10.1. The van der Waals surface area contributed by atoms with Crippen molar-refractivity contribution < 1.29 is 14.6 Å². The van der Waals surface area contributed by atoms with Crippen LogP contribution in [0.15, 0.2) is 18.2 Å². The van der Waals surface area contributed by atoms with Crippen LogP contribution in [0.1, 0.15) is 12.0 Å². The minimum Gasteiger partial charge on any atom is -0.497 e. The fraction of sp³-hybridized carbons (Fsp3) is 0.500. The highest BCUT2D eigenvalue weighted by atomic mass is 16.5. The zero-order chi connectivity index (χ0) is 11.4. The van der Waals surface area contributed by atoms with Gasteiger partial charge in [-0.15, -0.1) is 0 Å². The molecule has 1 aromatic rings. The first-order valence-corrected chi connectivity index (χ1v) is 5.46. The first kappa shape index (κ1) is 11.2. The molecule has 0 unspecified atom stereocenters. The summed E-state index contributed by atoms with van der Waals surface area (Å²) in [6.07, 6.45) is 0.780. The molecule has 0 saturated heterocycles. The van der Waals surface area contributed by atoms with Crippen LogP contribution in [0, 0.1) is 0 Å². The predicted molar refractivity (Wildman–Crippen MR) is 60.6 cm³/mol. The normalized spacial score (nSPS) is 15.4. The molecule has 1 aromatic carbocycles. The average molecular weight is 223 g/mol. The van der Waals surface area contributed by atoms with Gasteiger partial charge in [-0.2, -0.15) is 0 Å². The summed E-state index contributed by atoms with van der Waals surface area (Å²) in [7, 11) is 1.66.